The lowest BCUT2D eigenvalue weighted by Crippen LogP contribution is -2.50. The van der Waals surface area contributed by atoms with Gasteiger partial charge in [0.25, 0.3) is 0 Å². The molecule has 3 rings (SSSR count). The molecule has 1 heterocycles. The molecule has 1 aliphatic heterocycles. The van der Waals surface area contributed by atoms with Gasteiger partial charge in [-0.2, -0.15) is 0 Å². The Hall–Kier alpha value is -1.82. The monoisotopic (exact) mass is 371 g/mol. The Labute approximate surface area is 159 Å². The average molecular weight is 372 g/mol. The van der Waals surface area contributed by atoms with Crippen molar-refractivity contribution >= 4 is 17.7 Å². The highest BCUT2D eigenvalue weighted by molar-refractivity contribution is 7.98. The second kappa shape index (κ2) is 9.76. The van der Waals surface area contributed by atoms with Crippen molar-refractivity contribution in [3.8, 4) is 0 Å². The Kier molecular flexibility index (Phi) is 7.12. The largest absolute Gasteiger partial charge is 0.379 e. The van der Waals surface area contributed by atoms with Gasteiger partial charge in [-0.25, -0.2) is 0 Å². The summed E-state index contributed by atoms with van der Waals surface area (Å²) >= 11 is 1.70. The first-order chi connectivity index (χ1) is 12.7. The van der Waals surface area contributed by atoms with E-state index in [4.69, 9.17) is 9.47 Å². The topological polar surface area (TPSA) is 47.6 Å². The summed E-state index contributed by atoms with van der Waals surface area (Å²) in [5, 5.41) is 3.13. The first-order valence-electron chi connectivity index (χ1n) is 8.90. The van der Waals surface area contributed by atoms with E-state index < -0.39 is 0 Å². The number of carbonyl (C=O) groups is 1. The Morgan fingerprint density at radius 2 is 1.92 bits per heavy atom. The fourth-order valence-electron chi connectivity index (χ4n) is 3.01. The van der Waals surface area contributed by atoms with E-state index in [0.717, 1.165) is 17.5 Å². The first-order valence-corrected chi connectivity index (χ1v) is 10.1. The quantitative estimate of drug-likeness (QED) is 0.758. The van der Waals surface area contributed by atoms with Gasteiger partial charge in [0.15, 0.2) is 0 Å². The molecule has 0 spiro atoms. The Bertz CT molecular complexity index is 690. The van der Waals surface area contributed by atoms with Crippen molar-refractivity contribution in [2.75, 3.05) is 19.5 Å². The van der Waals surface area contributed by atoms with E-state index in [1.807, 2.05) is 60.9 Å². The number of amides is 1. The zero-order valence-electron chi connectivity index (χ0n) is 15.0. The fourth-order valence-corrected chi connectivity index (χ4v) is 3.41. The van der Waals surface area contributed by atoms with E-state index in [9.17, 15) is 4.79 Å². The molecule has 138 valence electrons. The van der Waals surface area contributed by atoms with Crippen LogP contribution in [-0.4, -0.2) is 37.5 Å². The molecule has 1 amide bonds. The number of thioether (sulfide) groups is 1. The van der Waals surface area contributed by atoms with Gasteiger partial charge in [-0.05, 0) is 35.9 Å². The average Bonchev–Trinajstić information content (AvgIpc) is 2.68. The van der Waals surface area contributed by atoms with Crippen LogP contribution in [0, 0.1) is 0 Å². The van der Waals surface area contributed by atoms with Gasteiger partial charge in [0.1, 0.15) is 6.10 Å². The van der Waals surface area contributed by atoms with Gasteiger partial charge in [0.05, 0.1) is 25.7 Å². The van der Waals surface area contributed by atoms with Crippen LogP contribution in [0.3, 0.4) is 0 Å². The highest BCUT2D eigenvalue weighted by Crippen LogP contribution is 2.16. The van der Waals surface area contributed by atoms with E-state index in [-0.39, 0.29) is 18.1 Å². The van der Waals surface area contributed by atoms with E-state index in [0.29, 0.717) is 26.2 Å². The van der Waals surface area contributed by atoms with Crippen LogP contribution in [0.2, 0.25) is 0 Å². The predicted molar refractivity (Wildman–Crippen MR) is 104 cm³/mol. The minimum Gasteiger partial charge on any atom is -0.379 e. The van der Waals surface area contributed by atoms with Crippen LogP contribution >= 0.6 is 11.8 Å². The molecule has 2 atom stereocenters. The summed E-state index contributed by atoms with van der Waals surface area (Å²) in [4.78, 5) is 13.6. The van der Waals surface area contributed by atoms with Crippen LogP contribution < -0.4 is 5.32 Å². The molecule has 0 unspecified atom stereocenters. The number of rotatable bonds is 7. The van der Waals surface area contributed by atoms with Crippen LogP contribution in [0.1, 0.15) is 17.5 Å². The van der Waals surface area contributed by atoms with Crippen molar-refractivity contribution in [1.82, 2.24) is 5.32 Å². The SMILES string of the molecule is CSc1ccc(CC(=O)N[C@@H]2CCOC[C@H]2OCc2ccccc2)cc1. The number of ether oxygens (including phenoxy) is 2. The Morgan fingerprint density at radius 1 is 1.15 bits per heavy atom. The molecule has 4 nitrogen and oxygen atoms in total. The van der Waals surface area contributed by atoms with Crippen LogP contribution in [0.5, 0.6) is 0 Å². The lowest BCUT2D eigenvalue weighted by atomic mass is 10.0. The smallest absolute Gasteiger partial charge is 0.224 e. The molecular weight excluding hydrogens is 346 g/mol. The molecule has 0 radical (unpaired) electrons. The van der Waals surface area contributed by atoms with E-state index in [2.05, 4.69) is 5.32 Å². The predicted octanol–water partition coefficient (Wildman–Crippen LogP) is 3.44. The third-order valence-electron chi connectivity index (χ3n) is 4.48. The highest BCUT2D eigenvalue weighted by Gasteiger charge is 2.28. The molecule has 0 aromatic heterocycles. The number of hydrogen-bond acceptors (Lipinski definition) is 4. The van der Waals surface area contributed by atoms with Crippen LogP contribution in [-0.2, 0) is 27.3 Å². The van der Waals surface area contributed by atoms with Gasteiger partial charge in [-0.1, -0.05) is 42.5 Å². The standard InChI is InChI=1S/C21H25NO3S/c1-26-18-9-7-16(8-10-18)13-21(23)22-19-11-12-24-15-20(19)25-14-17-5-3-2-4-6-17/h2-10,19-20H,11-15H2,1H3,(H,22,23)/t19-,20-/m1/s1. The number of carbonyl (C=O) groups excluding carboxylic acids is 1. The number of nitrogens with one attached hydrogen (secondary N) is 1. The van der Waals surface area contributed by atoms with Crippen molar-refractivity contribution in [3.63, 3.8) is 0 Å². The zero-order chi connectivity index (χ0) is 18.2. The molecule has 0 saturated carbocycles. The lowest BCUT2D eigenvalue weighted by molar-refractivity contribution is -0.126. The minimum absolute atomic E-state index is 0.00886. The van der Waals surface area contributed by atoms with Crippen molar-refractivity contribution in [2.45, 2.75) is 36.5 Å². The van der Waals surface area contributed by atoms with Gasteiger partial charge in [0.2, 0.25) is 5.91 Å². The number of hydrogen-bond donors (Lipinski definition) is 1. The van der Waals surface area contributed by atoms with E-state index in [1.54, 1.807) is 11.8 Å². The van der Waals surface area contributed by atoms with Gasteiger partial charge in [-0.3, -0.25) is 4.79 Å². The van der Waals surface area contributed by atoms with Gasteiger partial charge in [-0.15, -0.1) is 11.8 Å². The van der Waals surface area contributed by atoms with E-state index >= 15 is 0 Å². The lowest BCUT2D eigenvalue weighted by Gasteiger charge is -2.32. The number of benzene rings is 2. The maximum Gasteiger partial charge on any atom is 0.224 e. The minimum atomic E-state index is -0.119. The second-order valence-electron chi connectivity index (χ2n) is 6.40. The van der Waals surface area contributed by atoms with Crippen LogP contribution in [0.4, 0.5) is 0 Å². The zero-order valence-corrected chi connectivity index (χ0v) is 15.8. The maximum absolute atomic E-state index is 12.4. The molecule has 5 heteroatoms. The summed E-state index contributed by atoms with van der Waals surface area (Å²) in [7, 11) is 0. The summed E-state index contributed by atoms with van der Waals surface area (Å²) < 4.78 is 11.6. The van der Waals surface area contributed by atoms with Crippen LogP contribution in [0.25, 0.3) is 0 Å². The summed E-state index contributed by atoms with van der Waals surface area (Å²) in [6.07, 6.45) is 3.09. The summed E-state index contributed by atoms with van der Waals surface area (Å²) in [6, 6.07) is 18.2. The molecule has 1 N–H and O–H groups in total. The van der Waals surface area contributed by atoms with Gasteiger partial charge < -0.3 is 14.8 Å². The highest BCUT2D eigenvalue weighted by atomic mass is 32.2. The van der Waals surface area contributed by atoms with Crippen molar-refractivity contribution in [2.24, 2.45) is 0 Å². The molecule has 0 aliphatic carbocycles. The Balaban J connectivity index is 1.52. The molecule has 2 aromatic rings. The maximum atomic E-state index is 12.4. The third kappa shape index (κ3) is 5.59. The fraction of sp³-hybridized carbons (Fsp3) is 0.381. The third-order valence-corrected chi connectivity index (χ3v) is 5.22. The normalized spacial score (nSPS) is 19.9. The Morgan fingerprint density at radius 3 is 2.65 bits per heavy atom. The molecule has 1 saturated heterocycles. The molecule has 0 bridgehead atoms. The molecule has 1 fully saturated rings. The van der Waals surface area contributed by atoms with Crippen LogP contribution in [0.15, 0.2) is 59.5 Å². The van der Waals surface area contributed by atoms with Crippen molar-refractivity contribution < 1.29 is 14.3 Å². The molecule has 2 aromatic carbocycles. The second-order valence-corrected chi connectivity index (χ2v) is 7.28. The van der Waals surface area contributed by atoms with Crippen molar-refractivity contribution in [3.05, 3.63) is 65.7 Å². The first kappa shape index (κ1) is 19.0. The van der Waals surface area contributed by atoms with Gasteiger partial charge >= 0.3 is 0 Å². The van der Waals surface area contributed by atoms with E-state index in [1.165, 1.54) is 4.90 Å². The van der Waals surface area contributed by atoms with Crippen molar-refractivity contribution in [1.29, 1.82) is 0 Å². The summed E-state index contributed by atoms with van der Waals surface area (Å²) in [5.74, 6) is 0.0297. The molecule has 26 heavy (non-hydrogen) atoms. The summed E-state index contributed by atoms with van der Waals surface area (Å²) in [6.45, 7) is 1.69. The molecular formula is C21H25NO3S. The molecule has 1 aliphatic rings. The summed E-state index contributed by atoms with van der Waals surface area (Å²) in [5.41, 5.74) is 2.14. The van der Waals surface area contributed by atoms with Gasteiger partial charge in [0, 0.05) is 11.5 Å².